The molecule has 1 N–H and O–H groups in total. The highest BCUT2D eigenvalue weighted by Gasteiger charge is 2.19. The van der Waals surface area contributed by atoms with E-state index in [9.17, 15) is 9.90 Å². The summed E-state index contributed by atoms with van der Waals surface area (Å²) in [5.74, 6) is 1.03. The van der Waals surface area contributed by atoms with Gasteiger partial charge in [-0.15, -0.1) is 11.3 Å². The second kappa shape index (κ2) is 8.65. The van der Waals surface area contributed by atoms with Gasteiger partial charge in [-0.3, -0.25) is 4.79 Å². The number of fused-ring (bicyclic) bond motifs is 1. The molecule has 0 spiro atoms. The Kier molecular flexibility index (Phi) is 6.25. The normalized spacial score (nSPS) is 12.3. The molecule has 0 saturated carbocycles. The molecule has 4 nitrogen and oxygen atoms in total. The van der Waals surface area contributed by atoms with Crippen LogP contribution in [0, 0.1) is 0 Å². The standard InChI is InChI=1S/C23H26O4S/c1-14(2)15-5-7-16(8-6-15)17(12-23(24)25)9-19-10-18-11-20(26-3)21(27-4)13-22(18)28-19/h5-8,10-11,13-14,17H,9,12H2,1-4H3,(H,24,25). The van der Waals surface area contributed by atoms with Crippen molar-refractivity contribution in [2.75, 3.05) is 14.2 Å². The molecule has 0 aliphatic carbocycles. The van der Waals surface area contributed by atoms with Gasteiger partial charge >= 0.3 is 5.97 Å². The van der Waals surface area contributed by atoms with Crippen LogP contribution in [-0.4, -0.2) is 25.3 Å². The number of ether oxygens (including phenoxy) is 2. The van der Waals surface area contributed by atoms with E-state index in [0.717, 1.165) is 20.5 Å². The average Bonchev–Trinajstić information content (AvgIpc) is 3.07. The average molecular weight is 399 g/mol. The molecule has 2 aromatic carbocycles. The van der Waals surface area contributed by atoms with Crippen molar-refractivity contribution in [3.05, 3.63) is 58.5 Å². The van der Waals surface area contributed by atoms with Crippen LogP contribution in [0.5, 0.6) is 11.5 Å². The quantitative estimate of drug-likeness (QED) is 0.518. The van der Waals surface area contributed by atoms with E-state index in [1.165, 1.54) is 5.56 Å². The minimum Gasteiger partial charge on any atom is -0.493 e. The predicted octanol–water partition coefficient (Wildman–Crippen LogP) is 5.84. The van der Waals surface area contributed by atoms with Gasteiger partial charge in [-0.25, -0.2) is 0 Å². The fourth-order valence-corrected chi connectivity index (χ4v) is 4.59. The molecular weight excluding hydrogens is 372 g/mol. The van der Waals surface area contributed by atoms with Gasteiger partial charge in [0.05, 0.1) is 20.6 Å². The number of carboxylic acids is 1. The first kappa shape index (κ1) is 20.2. The molecular formula is C23H26O4S. The molecule has 1 aromatic heterocycles. The number of benzene rings is 2. The van der Waals surface area contributed by atoms with Gasteiger partial charge in [0.1, 0.15) is 0 Å². The van der Waals surface area contributed by atoms with Crippen molar-refractivity contribution in [3.8, 4) is 11.5 Å². The number of hydrogen-bond donors (Lipinski definition) is 1. The van der Waals surface area contributed by atoms with Crippen LogP contribution in [-0.2, 0) is 11.2 Å². The van der Waals surface area contributed by atoms with Crippen LogP contribution in [0.1, 0.15) is 48.1 Å². The highest BCUT2D eigenvalue weighted by molar-refractivity contribution is 7.19. The number of aliphatic carboxylic acids is 1. The highest BCUT2D eigenvalue weighted by atomic mass is 32.1. The minimum absolute atomic E-state index is 0.0597. The van der Waals surface area contributed by atoms with Gasteiger partial charge in [-0.05, 0) is 46.9 Å². The lowest BCUT2D eigenvalue weighted by atomic mass is 9.90. The topological polar surface area (TPSA) is 55.8 Å². The van der Waals surface area contributed by atoms with Crippen molar-refractivity contribution in [1.82, 2.24) is 0 Å². The van der Waals surface area contributed by atoms with Crippen molar-refractivity contribution >= 4 is 27.4 Å². The lowest BCUT2D eigenvalue weighted by molar-refractivity contribution is -0.137. The van der Waals surface area contributed by atoms with Crippen LogP contribution in [0.2, 0.25) is 0 Å². The van der Waals surface area contributed by atoms with E-state index in [1.807, 2.05) is 12.1 Å². The summed E-state index contributed by atoms with van der Waals surface area (Å²) in [6, 6.07) is 14.4. The molecule has 28 heavy (non-hydrogen) atoms. The van der Waals surface area contributed by atoms with Crippen molar-refractivity contribution in [1.29, 1.82) is 0 Å². The Morgan fingerprint density at radius 1 is 1.00 bits per heavy atom. The van der Waals surface area contributed by atoms with Crippen LogP contribution in [0.3, 0.4) is 0 Å². The zero-order valence-corrected chi connectivity index (χ0v) is 17.5. The molecule has 0 bridgehead atoms. The first-order valence-corrected chi connectivity index (χ1v) is 10.2. The fourth-order valence-electron chi connectivity index (χ4n) is 3.44. The van der Waals surface area contributed by atoms with Gasteiger partial charge in [0.25, 0.3) is 0 Å². The molecule has 148 valence electrons. The van der Waals surface area contributed by atoms with E-state index in [0.29, 0.717) is 23.8 Å². The molecule has 0 saturated heterocycles. The van der Waals surface area contributed by atoms with E-state index in [-0.39, 0.29) is 12.3 Å². The minimum atomic E-state index is -0.776. The molecule has 1 unspecified atom stereocenters. The number of carboxylic acid groups (broad SMARTS) is 1. The summed E-state index contributed by atoms with van der Waals surface area (Å²) in [5.41, 5.74) is 2.33. The smallest absolute Gasteiger partial charge is 0.303 e. The monoisotopic (exact) mass is 398 g/mol. The SMILES string of the molecule is COc1cc2cc(CC(CC(=O)O)c3ccc(C(C)C)cc3)sc2cc1OC. The summed E-state index contributed by atoms with van der Waals surface area (Å²) < 4.78 is 11.9. The molecule has 0 fully saturated rings. The number of hydrogen-bond acceptors (Lipinski definition) is 4. The molecule has 5 heteroatoms. The van der Waals surface area contributed by atoms with Gasteiger partial charge < -0.3 is 14.6 Å². The van der Waals surface area contributed by atoms with Gasteiger partial charge in [0.2, 0.25) is 0 Å². The van der Waals surface area contributed by atoms with Gasteiger partial charge in [-0.1, -0.05) is 38.1 Å². The van der Waals surface area contributed by atoms with E-state index in [1.54, 1.807) is 25.6 Å². The number of thiophene rings is 1. The molecule has 3 aromatic rings. The fraction of sp³-hybridized carbons (Fsp3) is 0.348. The van der Waals surface area contributed by atoms with E-state index in [2.05, 4.69) is 44.2 Å². The lowest BCUT2D eigenvalue weighted by Crippen LogP contribution is -2.09. The summed E-state index contributed by atoms with van der Waals surface area (Å²) in [6.07, 6.45) is 0.805. The van der Waals surface area contributed by atoms with Crippen molar-refractivity contribution in [2.24, 2.45) is 0 Å². The molecule has 0 aliphatic heterocycles. The predicted molar refractivity (Wildman–Crippen MR) is 114 cm³/mol. The van der Waals surface area contributed by atoms with Crippen molar-refractivity contribution in [2.45, 2.75) is 38.5 Å². The largest absolute Gasteiger partial charge is 0.493 e. The Labute approximate surface area is 169 Å². The third-order valence-corrected chi connectivity index (χ3v) is 6.14. The van der Waals surface area contributed by atoms with Gasteiger partial charge in [-0.2, -0.15) is 0 Å². The van der Waals surface area contributed by atoms with Crippen LogP contribution in [0.25, 0.3) is 10.1 Å². The second-order valence-corrected chi connectivity index (χ2v) is 8.45. The van der Waals surface area contributed by atoms with E-state index >= 15 is 0 Å². The Balaban J connectivity index is 1.91. The van der Waals surface area contributed by atoms with Gasteiger partial charge in [0, 0.05) is 15.6 Å². The number of carbonyl (C=O) groups is 1. The first-order valence-electron chi connectivity index (χ1n) is 9.37. The van der Waals surface area contributed by atoms with Crippen LogP contribution in [0.15, 0.2) is 42.5 Å². The molecule has 3 rings (SSSR count). The zero-order valence-electron chi connectivity index (χ0n) is 16.7. The summed E-state index contributed by atoms with van der Waals surface area (Å²) in [7, 11) is 3.25. The lowest BCUT2D eigenvalue weighted by Gasteiger charge is -2.16. The second-order valence-electron chi connectivity index (χ2n) is 7.28. The summed E-state index contributed by atoms with van der Waals surface area (Å²) >= 11 is 1.68. The molecule has 0 radical (unpaired) electrons. The van der Waals surface area contributed by atoms with E-state index < -0.39 is 5.97 Å². The number of methoxy groups -OCH3 is 2. The van der Waals surface area contributed by atoms with Crippen molar-refractivity contribution < 1.29 is 19.4 Å². The summed E-state index contributed by atoms with van der Waals surface area (Å²) in [6.45, 7) is 4.31. The van der Waals surface area contributed by atoms with Crippen LogP contribution in [0.4, 0.5) is 0 Å². The van der Waals surface area contributed by atoms with Crippen LogP contribution >= 0.6 is 11.3 Å². The van der Waals surface area contributed by atoms with Crippen LogP contribution < -0.4 is 9.47 Å². The third-order valence-electron chi connectivity index (χ3n) is 5.02. The Morgan fingerprint density at radius 3 is 2.18 bits per heavy atom. The highest BCUT2D eigenvalue weighted by Crippen LogP contribution is 2.38. The summed E-state index contributed by atoms with van der Waals surface area (Å²) in [5, 5.41) is 10.5. The molecule has 0 aliphatic rings. The Hall–Kier alpha value is -2.53. The first-order chi connectivity index (χ1) is 13.4. The maximum Gasteiger partial charge on any atom is 0.303 e. The maximum atomic E-state index is 11.5. The Morgan fingerprint density at radius 2 is 1.61 bits per heavy atom. The number of rotatable bonds is 8. The van der Waals surface area contributed by atoms with E-state index in [4.69, 9.17) is 9.47 Å². The summed E-state index contributed by atoms with van der Waals surface area (Å²) in [4.78, 5) is 12.6. The maximum absolute atomic E-state index is 11.5. The molecule has 0 amide bonds. The zero-order chi connectivity index (χ0) is 20.3. The molecule has 1 heterocycles. The third kappa shape index (κ3) is 4.47. The Bertz CT molecular complexity index is 916. The molecule has 1 atom stereocenters. The van der Waals surface area contributed by atoms with Crippen molar-refractivity contribution in [3.63, 3.8) is 0 Å². The van der Waals surface area contributed by atoms with Gasteiger partial charge in [0.15, 0.2) is 11.5 Å².